The molecule has 0 saturated carbocycles. The number of nitrogens with two attached hydrogens (primary N) is 1. The van der Waals surface area contributed by atoms with Crippen molar-refractivity contribution < 1.29 is 9.36 Å². The van der Waals surface area contributed by atoms with Crippen molar-refractivity contribution in [2.75, 3.05) is 0 Å². The molecule has 0 aromatic carbocycles. The third kappa shape index (κ3) is 1.87. The largest absolute Gasteiger partial charge is 0.366 e. The Morgan fingerprint density at radius 1 is 1.57 bits per heavy atom. The fraction of sp³-hybridized carbons (Fsp3) is 0.400. The standard InChI is InChI=1S/C10H13ClN2O/c1-3-7-8(10(12)14)5-6-13(4-2)9(7)11/h5-6H,3-4H2,1-2H3,(H-,12,14)/p+1. The molecule has 76 valence electrons. The quantitative estimate of drug-likeness (QED) is 0.597. The van der Waals surface area contributed by atoms with Crippen LogP contribution in [-0.2, 0) is 13.0 Å². The summed E-state index contributed by atoms with van der Waals surface area (Å²) in [5, 5.41) is 0.603. The lowest BCUT2D eigenvalue weighted by Gasteiger charge is -2.05. The number of amides is 1. The highest BCUT2D eigenvalue weighted by Crippen LogP contribution is 2.16. The molecule has 0 unspecified atom stereocenters. The number of rotatable bonds is 3. The van der Waals surface area contributed by atoms with Gasteiger partial charge in [-0.2, -0.15) is 4.57 Å². The predicted molar refractivity (Wildman–Crippen MR) is 55.2 cm³/mol. The number of aryl methyl sites for hydroxylation is 1. The molecule has 0 aliphatic rings. The maximum atomic E-state index is 11.1. The van der Waals surface area contributed by atoms with Gasteiger partial charge in [0.1, 0.15) is 6.54 Å². The summed E-state index contributed by atoms with van der Waals surface area (Å²) in [5.41, 5.74) is 6.58. The molecule has 0 aliphatic carbocycles. The van der Waals surface area contributed by atoms with E-state index in [1.807, 2.05) is 18.4 Å². The highest BCUT2D eigenvalue weighted by Gasteiger charge is 2.18. The van der Waals surface area contributed by atoms with Crippen molar-refractivity contribution in [2.24, 2.45) is 5.73 Å². The summed E-state index contributed by atoms with van der Waals surface area (Å²) in [6, 6.07) is 1.72. The van der Waals surface area contributed by atoms with Gasteiger partial charge in [0.05, 0.1) is 5.56 Å². The first kappa shape index (κ1) is 11.0. The SMILES string of the molecule is CCc1c(C(N)=O)cc[n+](CC)c1Cl. The molecule has 2 N–H and O–H groups in total. The van der Waals surface area contributed by atoms with Crippen LogP contribution < -0.4 is 10.3 Å². The molecule has 1 aromatic heterocycles. The van der Waals surface area contributed by atoms with Gasteiger partial charge in [0.2, 0.25) is 5.91 Å². The zero-order chi connectivity index (χ0) is 10.7. The van der Waals surface area contributed by atoms with Crippen molar-refractivity contribution in [3.8, 4) is 0 Å². The third-order valence-electron chi connectivity index (χ3n) is 2.21. The van der Waals surface area contributed by atoms with Crippen LogP contribution >= 0.6 is 11.6 Å². The van der Waals surface area contributed by atoms with Crippen LogP contribution in [0.15, 0.2) is 12.3 Å². The summed E-state index contributed by atoms with van der Waals surface area (Å²) < 4.78 is 1.88. The average molecular weight is 214 g/mol. The van der Waals surface area contributed by atoms with E-state index in [2.05, 4.69) is 0 Å². The zero-order valence-electron chi connectivity index (χ0n) is 8.38. The normalized spacial score (nSPS) is 10.2. The minimum absolute atomic E-state index is 0.424. The molecule has 1 rings (SSSR count). The number of carbonyl (C=O) groups excluding carboxylic acids is 1. The van der Waals surface area contributed by atoms with E-state index < -0.39 is 5.91 Å². The molecule has 0 spiro atoms. The van der Waals surface area contributed by atoms with Crippen molar-refractivity contribution in [2.45, 2.75) is 26.8 Å². The van der Waals surface area contributed by atoms with Crippen molar-refractivity contribution >= 4 is 17.5 Å². The molecule has 0 bridgehead atoms. The molecule has 14 heavy (non-hydrogen) atoms. The lowest BCUT2D eigenvalue weighted by Crippen LogP contribution is -2.35. The number of nitrogens with zero attached hydrogens (tertiary/aromatic N) is 1. The van der Waals surface area contributed by atoms with E-state index in [1.54, 1.807) is 12.3 Å². The maximum absolute atomic E-state index is 11.1. The molecular weight excluding hydrogens is 200 g/mol. The molecule has 3 nitrogen and oxygen atoms in total. The number of aromatic nitrogens is 1. The van der Waals surface area contributed by atoms with Gasteiger partial charge in [0.25, 0.3) is 5.15 Å². The lowest BCUT2D eigenvalue weighted by molar-refractivity contribution is -0.691. The molecular formula is C10H14ClN2O+. The second kappa shape index (κ2) is 4.42. The second-order valence-electron chi connectivity index (χ2n) is 3.00. The van der Waals surface area contributed by atoms with Gasteiger partial charge in [-0.3, -0.25) is 4.79 Å². The smallest absolute Gasteiger partial charge is 0.278 e. The van der Waals surface area contributed by atoms with Crippen LogP contribution in [0.2, 0.25) is 5.15 Å². The molecule has 0 radical (unpaired) electrons. The monoisotopic (exact) mass is 213 g/mol. The van der Waals surface area contributed by atoms with Gasteiger partial charge in [0.15, 0.2) is 6.20 Å². The van der Waals surface area contributed by atoms with Crippen LogP contribution in [0.5, 0.6) is 0 Å². The summed E-state index contributed by atoms with van der Waals surface area (Å²) in [4.78, 5) is 11.1. The van der Waals surface area contributed by atoms with Crippen molar-refractivity contribution in [1.29, 1.82) is 0 Å². The van der Waals surface area contributed by atoms with Gasteiger partial charge in [-0.05, 0) is 24.9 Å². The number of pyridine rings is 1. The molecule has 1 amide bonds. The van der Waals surface area contributed by atoms with Gasteiger partial charge in [-0.15, -0.1) is 0 Å². The Balaban J connectivity index is 3.35. The lowest BCUT2D eigenvalue weighted by atomic mass is 10.1. The maximum Gasteiger partial charge on any atom is 0.278 e. The van der Waals surface area contributed by atoms with E-state index in [1.165, 1.54) is 0 Å². The molecule has 1 heterocycles. The number of halogens is 1. The van der Waals surface area contributed by atoms with E-state index in [4.69, 9.17) is 17.3 Å². The fourth-order valence-electron chi connectivity index (χ4n) is 1.43. The first-order valence-corrected chi connectivity index (χ1v) is 5.00. The van der Waals surface area contributed by atoms with Crippen LogP contribution in [0.1, 0.15) is 29.8 Å². The van der Waals surface area contributed by atoms with E-state index in [-0.39, 0.29) is 0 Å². The van der Waals surface area contributed by atoms with Gasteiger partial charge < -0.3 is 5.73 Å². The Morgan fingerprint density at radius 2 is 2.21 bits per heavy atom. The average Bonchev–Trinajstić information content (AvgIpc) is 2.17. The highest BCUT2D eigenvalue weighted by atomic mass is 35.5. The van der Waals surface area contributed by atoms with Crippen molar-refractivity contribution in [3.63, 3.8) is 0 Å². The minimum atomic E-state index is -0.424. The van der Waals surface area contributed by atoms with E-state index in [9.17, 15) is 4.79 Å². The molecule has 1 aromatic rings. The number of carbonyl (C=O) groups is 1. The van der Waals surface area contributed by atoms with Crippen molar-refractivity contribution in [3.05, 3.63) is 28.5 Å². The van der Waals surface area contributed by atoms with E-state index >= 15 is 0 Å². The number of primary amides is 1. The topological polar surface area (TPSA) is 47.0 Å². The number of hydrogen-bond acceptors (Lipinski definition) is 1. The molecule has 4 heteroatoms. The summed E-state index contributed by atoms with van der Waals surface area (Å²) in [5.74, 6) is -0.424. The van der Waals surface area contributed by atoms with Crippen LogP contribution in [0.25, 0.3) is 0 Å². The molecule has 0 saturated heterocycles. The second-order valence-corrected chi connectivity index (χ2v) is 3.36. The summed E-state index contributed by atoms with van der Waals surface area (Å²) in [6.07, 6.45) is 2.49. The van der Waals surface area contributed by atoms with Crippen molar-refractivity contribution in [1.82, 2.24) is 0 Å². The number of hydrogen-bond donors (Lipinski definition) is 1. The Morgan fingerprint density at radius 3 is 2.64 bits per heavy atom. The Labute approximate surface area is 88.5 Å². The van der Waals surface area contributed by atoms with Gasteiger partial charge in [0, 0.05) is 11.6 Å². The van der Waals surface area contributed by atoms with E-state index in [0.29, 0.717) is 17.1 Å². The highest BCUT2D eigenvalue weighted by molar-refractivity contribution is 6.29. The fourth-order valence-corrected chi connectivity index (χ4v) is 1.84. The summed E-state index contributed by atoms with van der Waals surface area (Å²) in [7, 11) is 0. The Kier molecular flexibility index (Phi) is 3.47. The van der Waals surface area contributed by atoms with Crippen LogP contribution in [0.4, 0.5) is 0 Å². The minimum Gasteiger partial charge on any atom is -0.366 e. The summed E-state index contributed by atoms with van der Waals surface area (Å²) >= 11 is 6.11. The van der Waals surface area contributed by atoms with Crippen LogP contribution in [-0.4, -0.2) is 5.91 Å². The first-order valence-electron chi connectivity index (χ1n) is 4.62. The van der Waals surface area contributed by atoms with Gasteiger partial charge in [-0.25, -0.2) is 0 Å². The van der Waals surface area contributed by atoms with Crippen LogP contribution in [0, 0.1) is 0 Å². The van der Waals surface area contributed by atoms with E-state index in [0.717, 1.165) is 12.1 Å². The molecule has 0 fully saturated rings. The Hall–Kier alpha value is -1.09. The van der Waals surface area contributed by atoms with Gasteiger partial charge >= 0.3 is 0 Å². The third-order valence-corrected chi connectivity index (χ3v) is 2.65. The predicted octanol–water partition coefficient (Wildman–Crippen LogP) is 1.31. The van der Waals surface area contributed by atoms with Crippen LogP contribution in [0.3, 0.4) is 0 Å². The Bertz CT molecular complexity index is 363. The van der Waals surface area contributed by atoms with Gasteiger partial charge in [-0.1, -0.05) is 6.92 Å². The zero-order valence-corrected chi connectivity index (χ0v) is 9.14. The molecule has 0 aliphatic heterocycles. The summed E-state index contributed by atoms with van der Waals surface area (Å²) in [6.45, 7) is 4.73. The molecule has 0 atom stereocenters. The first-order chi connectivity index (χ1) is 6.61.